The fourth-order valence-corrected chi connectivity index (χ4v) is 4.96. The highest BCUT2D eigenvalue weighted by molar-refractivity contribution is 7.99. The van der Waals surface area contributed by atoms with Gasteiger partial charge in [0.1, 0.15) is 11.7 Å². The van der Waals surface area contributed by atoms with Gasteiger partial charge in [-0.15, -0.1) is 0 Å². The van der Waals surface area contributed by atoms with Crippen LogP contribution in [-0.2, 0) is 15.3 Å². The molecule has 0 unspecified atom stereocenters. The van der Waals surface area contributed by atoms with Gasteiger partial charge in [0.15, 0.2) is 10.9 Å². The van der Waals surface area contributed by atoms with E-state index in [4.69, 9.17) is 4.74 Å². The normalized spacial score (nSPS) is 21.0. The van der Waals surface area contributed by atoms with Crippen molar-refractivity contribution in [3.8, 4) is 0 Å². The third kappa shape index (κ3) is 4.52. The average molecular weight is 497 g/mol. The van der Waals surface area contributed by atoms with E-state index in [-0.39, 0.29) is 23.7 Å². The van der Waals surface area contributed by atoms with E-state index < -0.39 is 34.0 Å². The first kappa shape index (κ1) is 24.4. The number of aliphatic hydroxyl groups is 1. The molecule has 35 heavy (non-hydrogen) atoms. The number of H-pyrrole nitrogens is 1. The monoisotopic (exact) mass is 496 g/mol. The van der Waals surface area contributed by atoms with Crippen molar-refractivity contribution in [2.24, 2.45) is 5.92 Å². The van der Waals surface area contributed by atoms with Gasteiger partial charge in [-0.05, 0) is 18.2 Å². The number of anilines is 1. The largest absolute Gasteiger partial charge is 0.466 e. The molecule has 0 fully saturated rings. The maximum Gasteiger partial charge on any atom is 0.315 e. The molecule has 1 aliphatic heterocycles. The molecule has 4 rings (SSSR count). The summed E-state index contributed by atoms with van der Waals surface area (Å²) in [5.41, 5.74) is -1.67. The second kappa shape index (κ2) is 9.88. The lowest BCUT2D eigenvalue weighted by Crippen LogP contribution is -2.54. The Hall–Kier alpha value is -3.70. The van der Waals surface area contributed by atoms with Crippen molar-refractivity contribution in [2.45, 2.75) is 30.6 Å². The van der Waals surface area contributed by atoms with Gasteiger partial charge in [0.2, 0.25) is 0 Å². The molecule has 0 saturated carbocycles. The van der Waals surface area contributed by atoms with Crippen LogP contribution in [0.4, 0.5) is 11.5 Å². The number of nitrogens with zero attached hydrogens (tertiary/aromatic N) is 2. The van der Waals surface area contributed by atoms with Crippen molar-refractivity contribution >= 4 is 29.2 Å². The van der Waals surface area contributed by atoms with E-state index in [1.54, 1.807) is 37.3 Å². The maximum atomic E-state index is 13.4. The van der Waals surface area contributed by atoms with E-state index >= 15 is 0 Å². The van der Waals surface area contributed by atoms with Gasteiger partial charge in [0.05, 0.1) is 17.1 Å². The van der Waals surface area contributed by atoms with Crippen molar-refractivity contribution in [3.63, 3.8) is 0 Å². The Kier molecular flexibility index (Phi) is 6.90. The lowest BCUT2D eigenvalue weighted by Gasteiger charge is -2.44. The molecule has 10 nitrogen and oxygen atoms in total. The summed E-state index contributed by atoms with van der Waals surface area (Å²) in [6, 6.07) is 14.1. The Morgan fingerprint density at radius 2 is 1.89 bits per heavy atom. The predicted molar refractivity (Wildman–Crippen MR) is 130 cm³/mol. The minimum Gasteiger partial charge on any atom is -0.466 e. The van der Waals surface area contributed by atoms with Crippen LogP contribution in [0.1, 0.15) is 36.5 Å². The Labute approximate surface area is 204 Å². The maximum absolute atomic E-state index is 13.4. The molecular weight excluding hydrogens is 472 g/mol. The van der Waals surface area contributed by atoms with Crippen molar-refractivity contribution in [2.75, 3.05) is 17.7 Å². The zero-order valence-corrected chi connectivity index (χ0v) is 19.9. The number of aromatic amines is 1. The topological polar surface area (TPSA) is 147 Å². The number of ether oxygens (including phenoxy) is 1. The number of carbonyl (C=O) groups is 1. The minimum atomic E-state index is -1.98. The molecular formula is C24H24N4O6S. The molecule has 2 heterocycles. The van der Waals surface area contributed by atoms with Gasteiger partial charge in [-0.2, -0.15) is 0 Å². The van der Waals surface area contributed by atoms with Gasteiger partial charge in [-0.25, -0.2) is 4.98 Å². The summed E-state index contributed by atoms with van der Waals surface area (Å²) in [5, 5.41) is 26.6. The Morgan fingerprint density at radius 3 is 2.49 bits per heavy atom. The molecule has 3 N–H and O–H groups in total. The van der Waals surface area contributed by atoms with E-state index in [1.165, 1.54) is 36.0 Å². The number of thioether (sulfide) groups is 1. The van der Waals surface area contributed by atoms with Gasteiger partial charge >= 0.3 is 5.97 Å². The fourth-order valence-electron chi connectivity index (χ4n) is 4.36. The van der Waals surface area contributed by atoms with Gasteiger partial charge < -0.3 is 20.1 Å². The first-order valence-electron chi connectivity index (χ1n) is 11.0. The molecule has 3 aromatic rings. The Bertz CT molecular complexity index is 1300. The van der Waals surface area contributed by atoms with Gasteiger partial charge in [0, 0.05) is 23.6 Å². The third-order valence-electron chi connectivity index (χ3n) is 5.84. The molecule has 0 spiro atoms. The molecule has 2 aromatic carbocycles. The van der Waals surface area contributed by atoms with Gasteiger partial charge in [0.25, 0.3) is 11.2 Å². The van der Waals surface area contributed by atoms with Crippen LogP contribution in [0.25, 0.3) is 0 Å². The molecule has 0 saturated heterocycles. The van der Waals surface area contributed by atoms with Crippen LogP contribution in [0.3, 0.4) is 0 Å². The molecule has 182 valence electrons. The first-order valence-corrected chi connectivity index (χ1v) is 12.0. The van der Waals surface area contributed by atoms with Crippen molar-refractivity contribution < 1.29 is 19.6 Å². The minimum absolute atomic E-state index is 0.0563. The fraction of sp³-hybridized carbons (Fsp3) is 0.292. The van der Waals surface area contributed by atoms with Crippen LogP contribution >= 0.6 is 11.8 Å². The van der Waals surface area contributed by atoms with E-state index in [1.807, 2.05) is 6.92 Å². The van der Waals surface area contributed by atoms with E-state index in [9.17, 15) is 24.8 Å². The smallest absolute Gasteiger partial charge is 0.315 e. The van der Waals surface area contributed by atoms with Gasteiger partial charge in [-0.3, -0.25) is 19.7 Å². The Morgan fingerprint density at radius 1 is 1.20 bits per heavy atom. The third-order valence-corrected chi connectivity index (χ3v) is 6.59. The first-order chi connectivity index (χ1) is 16.8. The Balaban J connectivity index is 2.01. The van der Waals surface area contributed by atoms with Crippen molar-refractivity contribution in [1.29, 1.82) is 0 Å². The number of hydrogen-bond acceptors (Lipinski definition) is 9. The molecule has 0 radical (unpaired) electrons. The highest BCUT2D eigenvalue weighted by Gasteiger charge is 2.54. The molecule has 0 aliphatic carbocycles. The van der Waals surface area contributed by atoms with Gasteiger partial charge in [-0.1, -0.05) is 61.2 Å². The number of carbonyl (C=O) groups excluding carboxylic acids is 1. The van der Waals surface area contributed by atoms with E-state index in [0.29, 0.717) is 22.0 Å². The van der Waals surface area contributed by atoms with Crippen LogP contribution in [0, 0.1) is 16.0 Å². The zero-order chi connectivity index (χ0) is 25.2. The predicted octanol–water partition coefficient (Wildman–Crippen LogP) is 3.37. The summed E-state index contributed by atoms with van der Waals surface area (Å²) >= 11 is 1.32. The molecule has 1 aromatic heterocycles. The quantitative estimate of drug-likeness (QED) is 0.147. The van der Waals surface area contributed by atoms with Crippen molar-refractivity contribution in [1.82, 2.24) is 9.97 Å². The summed E-state index contributed by atoms with van der Waals surface area (Å²) in [7, 11) is 0. The van der Waals surface area contributed by atoms with Crippen LogP contribution in [0.5, 0.6) is 0 Å². The number of nitro groups is 1. The molecule has 3 atom stereocenters. The number of nitro benzene ring substituents is 1. The second-order valence-electron chi connectivity index (χ2n) is 7.88. The standard InChI is InChI=1S/C24H24N4O6S/c1-3-34-22(30)19-17(14-10-12-16(13-11-14)28(32)33)18-20(25-23(35-4-2)26-21(18)29)27-24(19,31)15-8-6-5-7-9-15/h5-13,17,19,31H,3-4H2,1-2H3,(H2,25,26,27,29)/t17-,19+,24-/m1/s1. The summed E-state index contributed by atoms with van der Waals surface area (Å²) in [6.07, 6.45) is 0. The lowest BCUT2D eigenvalue weighted by molar-refractivity contribution is -0.384. The number of hydrogen-bond donors (Lipinski definition) is 3. The highest BCUT2D eigenvalue weighted by atomic mass is 32.2. The SMILES string of the molecule is CCOC(=O)[C@@H]1[C@H](c2ccc([N+](=O)[O-])cc2)c2c(nc(SCC)[nH]c2=O)N[C@@]1(O)c1ccccc1. The number of fused-ring (bicyclic) bond motifs is 1. The zero-order valence-electron chi connectivity index (χ0n) is 19.1. The average Bonchev–Trinajstić information content (AvgIpc) is 2.84. The van der Waals surface area contributed by atoms with Crippen molar-refractivity contribution in [3.05, 3.63) is 91.8 Å². The number of benzene rings is 2. The molecule has 11 heteroatoms. The lowest BCUT2D eigenvalue weighted by atomic mass is 9.71. The van der Waals surface area contributed by atoms with Crippen LogP contribution in [-0.4, -0.2) is 38.3 Å². The number of rotatable bonds is 7. The summed E-state index contributed by atoms with van der Waals surface area (Å²) < 4.78 is 5.35. The van der Waals surface area contributed by atoms with Crippen LogP contribution < -0.4 is 10.9 Å². The number of esters is 1. The van der Waals surface area contributed by atoms with E-state index in [2.05, 4.69) is 15.3 Å². The second-order valence-corrected chi connectivity index (χ2v) is 9.13. The molecule has 1 aliphatic rings. The highest BCUT2D eigenvalue weighted by Crippen LogP contribution is 2.49. The summed E-state index contributed by atoms with van der Waals surface area (Å²) in [4.78, 5) is 44.6. The number of nitrogens with one attached hydrogen (secondary N) is 2. The van der Waals surface area contributed by atoms with Crippen LogP contribution in [0.15, 0.2) is 64.5 Å². The van der Waals surface area contributed by atoms with Crippen LogP contribution in [0.2, 0.25) is 0 Å². The van der Waals surface area contributed by atoms with E-state index in [0.717, 1.165) is 0 Å². The summed E-state index contributed by atoms with van der Waals surface area (Å²) in [5.74, 6) is -2.26. The number of aromatic nitrogens is 2. The molecule has 0 amide bonds. The molecule has 0 bridgehead atoms. The summed E-state index contributed by atoms with van der Waals surface area (Å²) in [6.45, 7) is 3.61. The number of non-ortho nitro benzene ring substituents is 1.